The first-order valence-corrected chi connectivity index (χ1v) is 19.7. The number of aryl methyl sites for hydroxylation is 2. The Labute approximate surface area is 334 Å². The fourth-order valence-electron chi connectivity index (χ4n) is 7.67. The highest BCUT2D eigenvalue weighted by Crippen LogP contribution is 2.52. The molecule has 7 rings (SSSR count). The van der Waals surface area contributed by atoms with Crippen LogP contribution in [0.3, 0.4) is 0 Å². The van der Waals surface area contributed by atoms with Gasteiger partial charge in [-0.15, -0.1) is 0 Å². The molecular formula is C55H52O. The molecule has 7 aromatic rings. The number of hydrogen-bond donors (Lipinski definition) is 0. The van der Waals surface area contributed by atoms with E-state index in [2.05, 4.69) is 195 Å². The van der Waals surface area contributed by atoms with Gasteiger partial charge in [0, 0.05) is 22.3 Å². The van der Waals surface area contributed by atoms with Gasteiger partial charge in [0.15, 0.2) is 5.78 Å². The molecule has 0 aromatic heterocycles. The molecule has 278 valence electrons. The minimum Gasteiger partial charge on any atom is -0.289 e. The Morgan fingerprint density at radius 3 is 1.14 bits per heavy atom. The second-order valence-corrected chi connectivity index (χ2v) is 17.2. The zero-order valence-electron chi connectivity index (χ0n) is 34.1. The summed E-state index contributed by atoms with van der Waals surface area (Å²) in [6.45, 7) is 22.5. The van der Waals surface area contributed by atoms with Crippen molar-refractivity contribution in [3.8, 4) is 44.5 Å². The molecule has 0 aliphatic rings. The first-order valence-electron chi connectivity index (χ1n) is 19.7. The summed E-state index contributed by atoms with van der Waals surface area (Å²) in [5, 5.41) is 0. The summed E-state index contributed by atoms with van der Waals surface area (Å²) in [6.07, 6.45) is 0. The van der Waals surface area contributed by atoms with Gasteiger partial charge < -0.3 is 0 Å². The maximum atomic E-state index is 15.8. The molecule has 0 spiro atoms. The van der Waals surface area contributed by atoms with E-state index in [1.54, 1.807) is 0 Å². The van der Waals surface area contributed by atoms with Crippen LogP contribution in [-0.2, 0) is 10.8 Å². The van der Waals surface area contributed by atoms with Crippen molar-refractivity contribution in [2.75, 3.05) is 0 Å². The van der Waals surface area contributed by atoms with E-state index in [-0.39, 0.29) is 16.6 Å². The molecule has 0 bridgehead atoms. The lowest BCUT2D eigenvalue weighted by Gasteiger charge is -2.29. The standard InChI is InChI=1S/C55H52O/c1-36-20-24-42(25-21-36)48-47(38(3)39-28-32-45(33-29-39)54(4,5)6)52(53(56)44-30-34-46(35-31-44)55(7,8)9)51(41-18-14-11-15-19-41)49(40-16-12-10-13-17-40)50(48)43-26-22-37(2)23-27-43/h10-35H,3H2,1-2,4-9H3. The van der Waals surface area contributed by atoms with Crippen molar-refractivity contribution < 1.29 is 4.79 Å². The molecule has 7 aromatic carbocycles. The summed E-state index contributed by atoms with van der Waals surface area (Å²) >= 11 is 0. The van der Waals surface area contributed by atoms with Gasteiger partial charge in [0.2, 0.25) is 0 Å². The average Bonchev–Trinajstić information content (AvgIpc) is 3.20. The minimum absolute atomic E-state index is 0.0102. The summed E-state index contributed by atoms with van der Waals surface area (Å²) < 4.78 is 0. The summed E-state index contributed by atoms with van der Waals surface area (Å²) in [4.78, 5) is 15.8. The molecule has 0 fully saturated rings. The van der Waals surface area contributed by atoms with Crippen LogP contribution in [0.1, 0.15) is 90.8 Å². The van der Waals surface area contributed by atoms with E-state index < -0.39 is 0 Å². The topological polar surface area (TPSA) is 17.1 Å². The number of hydrogen-bond acceptors (Lipinski definition) is 1. The van der Waals surface area contributed by atoms with E-state index in [0.717, 1.165) is 61.2 Å². The van der Waals surface area contributed by atoms with Crippen molar-refractivity contribution in [3.63, 3.8) is 0 Å². The third kappa shape index (κ3) is 7.60. The third-order valence-corrected chi connectivity index (χ3v) is 10.9. The molecule has 56 heavy (non-hydrogen) atoms. The van der Waals surface area contributed by atoms with Gasteiger partial charge in [0.05, 0.1) is 0 Å². The molecule has 0 N–H and O–H groups in total. The molecule has 0 aliphatic heterocycles. The van der Waals surface area contributed by atoms with Crippen LogP contribution in [-0.4, -0.2) is 5.78 Å². The van der Waals surface area contributed by atoms with E-state index in [1.165, 1.54) is 22.3 Å². The summed E-state index contributed by atoms with van der Waals surface area (Å²) in [7, 11) is 0. The normalized spacial score (nSPS) is 11.7. The third-order valence-electron chi connectivity index (χ3n) is 10.9. The van der Waals surface area contributed by atoms with Crippen molar-refractivity contribution >= 4 is 11.4 Å². The molecule has 1 nitrogen and oxygen atoms in total. The fraction of sp³-hybridized carbons (Fsp3) is 0.182. The van der Waals surface area contributed by atoms with Gasteiger partial charge in [-0.2, -0.15) is 0 Å². The van der Waals surface area contributed by atoms with E-state index in [0.29, 0.717) is 11.1 Å². The van der Waals surface area contributed by atoms with Crippen LogP contribution in [0.2, 0.25) is 0 Å². The maximum absolute atomic E-state index is 15.8. The Morgan fingerprint density at radius 1 is 0.393 bits per heavy atom. The molecule has 0 amide bonds. The molecule has 1 heteroatoms. The van der Waals surface area contributed by atoms with Crippen molar-refractivity contribution in [3.05, 3.63) is 209 Å². The summed E-state index contributed by atoms with van der Waals surface area (Å²) in [6, 6.07) is 55.5. The van der Waals surface area contributed by atoms with Gasteiger partial charge in [-0.3, -0.25) is 4.79 Å². The molecule has 0 atom stereocenters. The largest absolute Gasteiger partial charge is 0.289 e. The zero-order chi connectivity index (χ0) is 39.8. The van der Waals surface area contributed by atoms with E-state index in [9.17, 15) is 0 Å². The van der Waals surface area contributed by atoms with Crippen LogP contribution in [0.5, 0.6) is 0 Å². The zero-order valence-corrected chi connectivity index (χ0v) is 34.1. The van der Waals surface area contributed by atoms with E-state index in [4.69, 9.17) is 6.58 Å². The Morgan fingerprint density at radius 2 is 0.732 bits per heavy atom. The molecular weight excluding hydrogens is 677 g/mol. The van der Waals surface area contributed by atoms with Gasteiger partial charge in [-0.1, -0.05) is 217 Å². The number of rotatable bonds is 8. The Kier molecular flexibility index (Phi) is 10.4. The van der Waals surface area contributed by atoms with Gasteiger partial charge in [0.25, 0.3) is 0 Å². The average molecular weight is 729 g/mol. The van der Waals surface area contributed by atoms with Gasteiger partial charge >= 0.3 is 0 Å². The predicted molar refractivity (Wildman–Crippen MR) is 240 cm³/mol. The lowest BCUT2D eigenvalue weighted by atomic mass is 9.73. The Hall–Kier alpha value is -6.05. The number of benzene rings is 7. The lowest BCUT2D eigenvalue weighted by Crippen LogP contribution is -2.14. The molecule has 0 saturated carbocycles. The second kappa shape index (κ2) is 15.2. The van der Waals surface area contributed by atoms with Gasteiger partial charge in [-0.05, 0) is 85.9 Å². The van der Waals surface area contributed by atoms with Crippen LogP contribution < -0.4 is 0 Å². The van der Waals surface area contributed by atoms with E-state index >= 15 is 4.79 Å². The van der Waals surface area contributed by atoms with Crippen molar-refractivity contribution in [2.45, 2.75) is 66.2 Å². The number of carbonyl (C=O) groups is 1. The molecule has 0 aliphatic carbocycles. The highest BCUT2D eigenvalue weighted by molar-refractivity contribution is 6.22. The Balaban J connectivity index is 1.72. The van der Waals surface area contributed by atoms with Crippen LogP contribution >= 0.6 is 0 Å². The molecule has 0 unspecified atom stereocenters. The second-order valence-electron chi connectivity index (χ2n) is 17.2. The predicted octanol–water partition coefficient (Wildman–Crippen LogP) is 14.9. The quantitative estimate of drug-likeness (QED) is 0.142. The number of carbonyl (C=O) groups excluding carboxylic acids is 1. The summed E-state index contributed by atoms with van der Waals surface area (Å²) in [5.74, 6) is -0.0345. The van der Waals surface area contributed by atoms with E-state index in [1.807, 2.05) is 18.2 Å². The van der Waals surface area contributed by atoms with Crippen LogP contribution in [0.4, 0.5) is 0 Å². The van der Waals surface area contributed by atoms with Crippen molar-refractivity contribution in [1.82, 2.24) is 0 Å². The first-order chi connectivity index (χ1) is 26.7. The lowest BCUT2D eigenvalue weighted by molar-refractivity contribution is 0.103. The maximum Gasteiger partial charge on any atom is 0.194 e. The first kappa shape index (κ1) is 38.2. The van der Waals surface area contributed by atoms with Crippen LogP contribution in [0.25, 0.3) is 50.1 Å². The highest BCUT2D eigenvalue weighted by Gasteiger charge is 2.32. The molecule has 0 heterocycles. The van der Waals surface area contributed by atoms with Gasteiger partial charge in [0.1, 0.15) is 0 Å². The smallest absolute Gasteiger partial charge is 0.194 e. The van der Waals surface area contributed by atoms with Crippen LogP contribution in [0.15, 0.2) is 164 Å². The number of ketones is 1. The molecule has 0 radical (unpaired) electrons. The Bertz CT molecular complexity index is 2500. The van der Waals surface area contributed by atoms with Gasteiger partial charge in [-0.25, -0.2) is 0 Å². The van der Waals surface area contributed by atoms with Crippen LogP contribution in [0, 0.1) is 13.8 Å². The van der Waals surface area contributed by atoms with Crippen molar-refractivity contribution in [1.29, 1.82) is 0 Å². The SMILES string of the molecule is C=C(c1ccc(C(C)(C)C)cc1)c1c(C(=O)c2ccc(C(C)(C)C)cc2)c(-c2ccccc2)c(-c2ccccc2)c(-c2ccc(C)cc2)c1-c1ccc(C)cc1. The van der Waals surface area contributed by atoms with Crippen molar-refractivity contribution in [2.24, 2.45) is 0 Å². The molecule has 0 saturated heterocycles. The minimum atomic E-state index is -0.0514. The summed E-state index contributed by atoms with van der Waals surface area (Å²) in [5.41, 5.74) is 16.7. The highest BCUT2D eigenvalue weighted by atomic mass is 16.1. The monoisotopic (exact) mass is 728 g/mol. The fourth-order valence-corrected chi connectivity index (χ4v) is 7.67.